The first-order valence-corrected chi connectivity index (χ1v) is 3.47. The standard InChI is InChI=1S/C8H17N/c1-5-8(9)7(4)6(2)3/h5-8H,1,9H2,2-4H3/t7-,8?/m1/s1. The molecule has 0 saturated carbocycles. The second kappa shape index (κ2) is 3.67. The average molecular weight is 127 g/mol. The summed E-state index contributed by atoms with van der Waals surface area (Å²) in [5.74, 6) is 1.19. The van der Waals surface area contributed by atoms with Crippen molar-refractivity contribution in [2.24, 2.45) is 17.6 Å². The van der Waals surface area contributed by atoms with Gasteiger partial charge in [0.1, 0.15) is 0 Å². The van der Waals surface area contributed by atoms with Crippen molar-refractivity contribution in [1.82, 2.24) is 0 Å². The van der Waals surface area contributed by atoms with Gasteiger partial charge in [-0.2, -0.15) is 0 Å². The number of rotatable bonds is 3. The van der Waals surface area contributed by atoms with E-state index in [2.05, 4.69) is 27.4 Å². The van der Waals surface area contributed by atoms with Crippen molar-refractivity contribution in [3.8, 4) is 0 Å². The van der Waals surface area contributed by atoms with Crippen molar-refractivity contribution >= 4 is 0 Å². The van der Waals surface area contributed by atoms with Crippen LogP contribution in [0.25, 0.3) is 0 Å². The Morgan fingerprint density at radius 1 is 1.33 bits per heavy atom. The summed E-state index contributed by atoms with van der Waals surface area (Å²) in [5, 5.41) is 0. The van der Waals surface area contributed by atoms with Gasteiger partial charge >= 0.3 is 0 Å². The SMILES string of the molecule is C=CC(N)[C@H](C)C(C)C. The van der Waals surface area contributed by atoms with Crippen molar-refractivity contribution < 1.29 is 0 Å². The van der Waals surface area contributed by atoms with Crippen LogP contribution in [0.5, 0.6) is 0 Å². The largest absolute Gasteiger partial charge is 0.324 e. The fraction of sp³-hybridized carbons (Fsp3) is 0.750. The Hall–Kier alpha value is -0.300. The molecule has 0 bridgehead atoms. The molecule has 54 valence electrons. The molecule has 0 aromatic carbocycles. The topological polar surface area (TPSA) is 26.0 Å². The molecule has 0 spiro atoms. The maximum absolute atomic E-state index is 5.70. The highest BCUT2D eigenvalue weighted by Crippen LogP contribution is 2.12. The van der Waals surface area contributed by atoms with E-state index in [0.29, 0.717) is 11.8 Å². The van der Waals surface area contributed by atoms with Crippen molar-refractivity contribution in [1.29, 1.82) is 0 Å². The highest BCUT2D eigenvalue weighted by atomic mass is 14.6. The molecular weight excluding hydrogens is 110 g/mol. The Bertz CT molecular complexity index is 86.6. The molecule has 9 heavy (non-hydrogen) atoms. The van der Waals surface area contributed by atoms with Crippen molar-refractivity contribution in [3.05, 3.63) is 12.7 Å². The molecule has 0 heterocycles. The summed E-state index contributed by atoms with van der Waals surface area (Å²) in [7, 11) is 0. The lowest BCUT2D eigenvalue weighted by Crippen LogP contribution is -2.28. The minimum atomic E-state index is 0.157. The first-order chi connectivity index (χ1) is 4.09. The van der Waals surface area contributed by atoms with Gasteiger partial charge in [-0.05, 0) is 11.8 Å². The van der Waals surface area contributed by atoms with E-state index in [9.17, 15) is 0 Å². The second-order valence-electron chi connectivity index (χ2n) is 2.92. The Kier molecular flexibility index (Phi) is 3.55. The monoisotopic (exact) mass is 127 g/mol. The molecule has 1 unspecified atom stereocenters. The zero-order valence-electron chi connectivity index (χ0n) is 6.59. The third-order valence-electron chi connectivity index (χ3n) is 1.93. The molecule has 0 amide bonds. The molecule has 0 radical (unpaired) electrons. The van der Waals surface area contributed by atoms with Gasteiger partial charge < -0.3 is 5.73 Å². The van der Waals surface area contributed by atoms with E-state index in [1.165, 1.54) is 0 Å². The van der Waals surface area contributed by atoms with Gasteiger partial charge in [0, 0.05) is 6.04 Å². The molecular formula is C8H17N. The average Bonchev–Trinajstić information content (AvgIpc) is 1.84. The van der Waals surface area contributed by atoms with Crippen LogP contribution < -0.4 is 5.73 Å². The van der Waals surface area contributed by atoms with E-state index in [1.807, 2.05) is 6.08 Å². The lowest BCUT2D eigenvalue weighted by molar-refractivity contribution is 0.384. The summed E-state index contributed by atoms with van der Waals surface area (Å²) < 4.78 is 0. The lowest BCUT2D eigenvalue weighted by atomic mass is 9.91. The van der Waals surface area contributed by atoms with Crippen molar-refractivity contribution in [2.45, 2.75) is 26.8 Å². The third kappa shape index (κ3) is 2.66. The van der Waals surface area contributed by atoms with Crippen LogP contribution in [-0.4, -0.2) is 6.04 Å². The first-order valence-electron chi connectivity index (χ1n) is 3.47. The summed E-state index contributed by atoms with van der Waals surface area (Å²) in [6.07, 6.45) is 1.81. The molecule has 1 nitrogen and oxygen atoms in total. The van der Waals surface area contributed by atoms with Crippen LogP contribution in [-0.2, 0) is 0 Å². The number of hydrogen-bond donors (Lipinski definition) is 1. The fourth-order valence-electron chi connectivity index (χ4n) is 0.659. The Morgan fingerprint density at radius 2 is 1.78 bits per heavy atom. The summed E-state index contributed by atoms with van der Waals surface area (Å²) >= 11 is 0. The van der Waals surface area contributed by atoms with Gasteiger partial charge in [0.25, 0.3) is 0 Å². The van der Waals surface area contributed by atoms with Crippen LogP contribution in [0.3, 0.4) is 0 Å². The molecule has 0 aliphatic heterocycles. The fourth-order valence-corrected chi connectivity index (χ4v) is 0.659. The summed E-state index contributed by atoms with van der Waals surface area (Å²) in [5.41, 5.74) is 5.70. The third-order valence-corrected chi connectivity index (χ3v) is 1.93. The predicted octanol–water partition coefficient (Wildman–Crippen LogP) is 1.79. The lowest BCUT2D eigenvalue weighted by Gasteiger charge is -2.19. The van der Waals surface area contributed by atoms with Crippen molar-refractivity contribution in [2.75, 3.05) is 0 Å². The summed E-state index contributed by atoms with van der Waals surface area (Å²) in [6, 6.07) is 0.157. The molecule has 0 saturated heterocycles. The molecule has 0 aromatic heterocycles. The minimum absolute atomic E-state index is 0.157. The number of hydrogen-bond acceptors (Lipinski definition) is 1. The Labute approximate surface area is 57.9 Å². The van der Waals surface area contributed by atoms with Crippen LogP contribution >= 0.6 is 0 Å². The van der Waals surface area contributed by atoms with Crippen LogP contribution in [0.2, 0.25) is 0 Å². The van der Waals surface area contributed by atoms with Crippen LogP contribution in [0.15, 0.2) is 12.7 Å². The zero-order valence-corrected chi connectivity index (χ0v) is 6.59. The normalized spacial score (nSPS) is 17.4. The van der Waals surface area contributed by atoms with Gasteiger partial charge in [-0.15, -0.1) is 6.58 Å². The smallest absolute Gasteiger partial charge is 0.0249 e. The zero-order chi connectivity index (χ0) is 7.44. The van der Waals surface area contributed by atoms with E-state index < -0.39 is 0 Å². The molecule has 0 aromatic rings. The van der Waals surface area contributed by atoms with Gasteiger partial charge in [-0.25, -0.2) is 0 Å². The molecule has 2 atom stereocenters. The second-order valence-corrected chi connectivity index (χ2v) is 2.92. The summed E-state index contributed by atoms with van der Waals surface area (Å²) in [4.78, 5) is 0. The van der Waals surface area contributed by atoms with Gasteiger partial charge in [-0.1, -0.05) is 26.8 Å². The molecule has 0 aliphatic rings. The van der Waals surface area contributed by atoms with E-state index in [1.54, 1.807) is 0 Å². The predicted molar refractivity (Wildman–Crippen MR) is 42.2 cm³/mol. The molecule has 0 rings (SSSR count). The van der Waals surface area contributed by atoms with Gasteiger partial charge in [0.05, 0.1) is 0 Å². The minimum Gasteiger partial charge on any atom is -0.324 e. The Morgan fingerprint density at radius 3 is 1.89 bits per heavy atom. The summed E-state index contributed by atoms with van der Waals surface area (Å²) in [6.45, 7) is 10.1. The molecule has 0 aliphatic carbocycles. The van der Waals surface area contributed by atoms with E-state index in [4.69, 9.17) is 5.73 Å². The maximum atomic E-state index is 5.70. The molecule has 2 N–H and O–H groups in total. The van der Waals surface area contributed by atoms with Gasteiger partial charge in [-0.3, -0.25) is 0 Å². The van der Waals surface area contributed by atoms with Crippen LogP contribution in [0.1, 0.15) is 20.8 Å². The van der Waals surface area contributed by atoms with Gasteiger partial charge in [0.2, 0.25) is 0 Å². The van der Waals surface area contributed by atoms with E-state index in [0.717, 1.165) is 0 Å². The molecule has 0 fully saturated rings. The number of nitrogens with two attached hydrogens (primary N) is 1. The molecule has 1 heteroatoms. The van der Waals surface area contributed by atoms with Gasteiger partial charge in [0.15, 0.2) is 0 Å². The van der Waals surface area contributed by atoms with Crippen LogP contribution in [0.4, 0.5) is 0 Å². The Balaban J connectivity index is 3.71. The highest BCUT2D eigenvalue weighted by Gasteiger charge is 2.11. The highest BCUT2D eigenvalue weighted by molar-refractivity contribution is 4.87. The van der Waals surface area contributed by atoms with E-state index >= 15 is 0 Å². The van der Waals surface area contributed by atoms with Crippen LogP contribution in [0, 0.1) is 11.8 Å². The first kappa shape index (κ1) is 8.70. The quantitative estimate of drug-likeness (QED) is 0.575. The van der Waals surface area contributed by atoms with E-state index in [-0.39, 0.29) is 6.04 Å². The maximum Gasteiger partial charge on any atom is 0.0249 e. The van der Waals surface area contributed by atoms with Crippen molar-refractivity contribution in [3.63, 3.8) is 0 Å².